The Morgan fingerprint density at radius 2 is 1.87 bits per heavy atom. The molecular formula is C33H24ClN3O7S. The molecule has 6 rings (SSSR count). The number of furan rings is 1. The van der Waals surface area contributed by atoms with E-state index in [1.54, 1.807) is 61.5 Å². The maximum atomic E-state index is 14.1. The molecule has 10 nitrogen and oxygen atoms in total. The van der Waals surface area contributed by atoms with Gasteiger partial charge in [-0.3, -0.25) is 19.5 Å². The lowest BCUT2D eigenvalue weighted by atomic mass is 9.93. The van der Waals surface area contributed by atoms with E-state index in [2.05, 4.69) is 0 Å². The van der Waals surface area contributed by atoms with E-state index in [-0.39, 0.29) is 33.7 Å². The predicted octanol–water partition coefficient (Wildman–Crippen LogP) is 5.77. The largest absolute Gasteiger partial charge is 0.497 e. The van der Waals surface area contributed by atoms with E-state index < -0.39 is 22.5 Å². The van der Waals surface area contributed by atoms with Gasteiger partial charge in [0.25, 0.3) is 11.2 Å². The second kappa shape index (κ2) is 12.4. The summed E-state index contributed by atoms with van der Waals surface area (Å²) in [5, 5.41) is 12.2. The summed E-state index contributed by atoms with van der Waals surface area (Å²) < 4.78 is 18.3. The smallest absolute Gasteiger partial charge is 0.338 e. The molecule has 0 radical (unpaired) electrons. The fourth-order valence-corrected chi connectivity index (χ4v) is 6.21. The number of nitro benzene ring substituents is 1. The quantitative estimate of drug-likeness (QED) is 0.120. The highest BCUT2D eigenvalue weighted by atomic mass is 35.5. The van der Waals surface area contributed by atoms with E-state index in [9.17, 15) is 19.7 Å². The van der Waals surface area contributed by atoms with Gasteiger partial charge in [-0.2, -0.15) is 0 Å². The molecule has 5 aromatic rings. The third-order valence-corrected chi connectivity index (χ3v) is 8.36. The van der Waals surface area contributed by atoms with Crippen molar-refractivity contribution in [3.05, 3.63) is 142 Å². The second-order valence-electron chi connectivity index (χ2n) is 9.83. The molecule has 0 aliphatic carbocycles. The number of hydrogen-bond acceptors (Lipinski definition) is 9. The van der Waals surface area contributed by atoms with Crippen molar-refractivity contribution in [1.29, 1.82) is 0 Å². The van der Waals surface area contributed by atoms with Crippen LogP contribution in [-0.2, 0) is 9.53 Å². The summed E-state index contributed by atoms with van der Waals surface area (Å²) in [7, 11) is 1.43. The SMILES string of the molecule is CCOC(=O)C1=C(c2ccccc2)N=c2s/c(=C\c3ccc(-c4ccc(OC)cc4[N+](=O)[O-])o3)c(=O)n2[C@H]1c1ccc(Cl)cc1. The zero-order valence-electron chi connectivity index (χ0n) is 23.9. The van der Waals surface area contributed by atoms with Crippen molar-refractivity contribution in [1.82, 2.24) is 4.57 Å². The normalized spacial score (nSPS) is 14.6. The van der Waals surface area contributed by atoms with Crippen molar-refractivity contribution in [3.63, 3.8) is 0 Å². The number of nitro groups is 1. The number of rotatable bonds is 8. The molecule has 1 aliphatic rings. The van der Waals surface area contributed by atoms with Crippen molar-refractivity contribution in [2.45, 2.75) is 13.0 Å². The number of benzene rings is 3. The van der Waals surface area contributed by atoms with Gasteiger partial charge in [-0.25, -0.2) is 9.79 Å². The molecule has 0 amide bonds. The van der Waals surface area contributed by atoms with Crippen LogP contribution >= 0.6 is 22.9 Å². The highest BCUT2D eigenvalue weighted by Gasteiger charge is 2.35. The minimum atomic E-state index is -0.857. The lowest BCUT2D eigenvalue weighted by Crippen LogP contribution is -2.39. The molecule has 226 valence electrons. The highest BCUT2D eigenvalue weighted by Crippen LogP contribution is 2.36. The first-order valence-electron chi connectivity index (χ1n) is 13.8. The molecule has 45 heavy (non-hydrogen) atoms. The van der Waals surface area contributed by atoms with E-state index in [0.29, 0.717) is 38.2 Å². The number of carbonyl (C=O) groups excluding carboxylic acids is 1. The Hall–Kier alpha value is -5.26. The van der Waals surface area contributed by atoms with Crippen LogP contribution in [0.1, 0.15) is 29.9 Å². The van der Waals surface area contributed by atoms with Crippen molar-refractivity contribution in [3.8, 4) is 17.1 Å². The number of methoxy groups -OCH3 is 1. The lowest BCUT2D eigenvalue weighted by Gasteiger charge is -2.25. The number of halogens is 1. The van der Waals surface area contributed by atoms with Gasteiger partial charge >= 0.3 is 5.97 Å². The summed E-state index contributed by atoms with van der Waals surface area (Å²) in [6.07, 6.45) is 1.55. The molecule has 1 aliphatic heterocycles. The second-order valence-corrected chi connectivity index (χ2v) is 11.3. The number of hydrogen-bond donors (Lipinski definition) is 0. The fraction of sp³-hybridized carbons (Fsp3) is 0.121. The predicted molar refractivity (Wildman–Crippen MR) is 170 cm³/mol. The van der Waals surface area contributed by atoms with Gasteiger partial charge < -0.3 is 13.9 Å². The topological polar surface area (TPSA) is 126 Å². The number of ether oxygens (including phenoxy) is 2. The van der Waals surface area contributed by atoms with Gasteiger partial charge in [0.05, 0.1) is 52.1 Å². The van der Waals surface area contributed by atoms with Crippen LogP contribution in [0.4, 0.5) is 5.69 Å². The number of esters is 1. The first-order chi connectivity index (χ1) is 21.8. The maximum Gasteiger partial charge on any atom is 0.338 e. The van der Waals surface area contributed by atoms with Crippen molar-refractivity contribution in [2.75, 3.05) is 13.7 Å². The average molecular weight is 642 g/mol. The molecular weight excluding hydrogens is 618 g/mol. The van der Waals surface area contributed by atoms with Gasteiger partial charge in [0.1, 0.15) is 17.3 Å². The molecule has 0 saturated heterocycles. The molecule has 1 atom stereocenters. The molecule has 0 unspecified atom stereocenters. The minimum Gasteiger partial charge on any atom is -0.497 e. The Bertz CT molecular complexity index is 2150. The Kier molecular flexibility index (Phi) is 8.20. The molecule has 0 spiro atoms. The van der Waals surface area contributed by atoms with E-state index >= 15 is 0 Å². The van der Waals surface area contributed by atoms with Crippen molar-refractivity contribution < 1.29 is 23.6 Å². The number of aromatic nitrogens is 1. The summed E-state index contributed by atoms with van der Waals surface area (Å²) in [6, 6.07) is 23.0. The number of fused-ring (bicyclic) bond motifs is 1. The lowest BCUT2D eigenvalue weighted by molar-refractivity contribution is -0.384. The maximum absolute atomic E-state index is 14.1. The van der Waals surface area contributed by atoms with Crippen LogP contribution in [0, 0.1) is 10.1 Å². The van der Waals surface area contributed by atoms with Gasteiger partial charge in [0, 0.05) is 16.7 Å². The van der Waals surface area contributed by atoms with Gasteiger partial charge in [0.2, 0.25) is 0 Å². The average Bonchev–Trinajstić information content (AvgIpc) is 3.64. The van der Waals surface area contributed by atoms with E-state index in [1.807, 2.05) is 30.3 Å². The van der Waals surface area contributed by atoms with Crippen LogP contribution in [0.25, 0.3) is 23.1 Å². The van der Waals surface area contributed by atoms with Crippen LogP contribution in [0.5, 0.6) is 5.75 Å². The monoisotopic (exact) mass is 641 g/mol. The molecule has 12 heteroatoms. The molecule has 0 saturated carbocycles. The molecule has 2 aromatic heterocycles. The molecule has 0 bridgehead atoms. The van der Waals surface area contributed by atoms with E-state index in [4.69, 9.17) is 30.5 Å². The van der Waals surface area contributed by atoms with Crippen LogP contribution in [0.2, 0.25) is 5.02 Å². The standard InChI is InChI=1S/C33H24ClN3O7S/c1-3-43-32(39)28-29(19-7-5-4-6-8-19)35-33-36(30(28)20-9-11-21(34)12-10-20)31(38)27(45-33)18-23-14-16-26(44-23)24-15-13-22(42-2)17-25(24)37(40)41/h4-18,30H,3H2,1-2H3/b27-18-/t30-/m0/s1. The zero-order chi connectivity index (χ0) is 31.7. The van der Waals surface area contributed by atoms with Crippen molar-refractivity contribution >= 4 is 46.4 Å². The third-order valence-electron chi connectivity index (χ3n) is 7.13. The van der Waals surface area contributed by atoms with Crippen molar-refractivity contribution in [2.24, 2.45) is 4.99 Å². The Morgan fingerprint density at radius 1 is 1.11 bits per heavy atom. The summed E-state index contributed by atoms with van der Waals surface area (Å²) >= 11 is 7.32. The van der Waals surface area contributed by atoms with Crippen LogP contribution < -0.4 is 19.6 Å². The van der Waals surface area contributed by atoms with Gasteiger partial charge in [-0.1, -0.05) is 65.4 Å². The molecule has 0 fully saturated rings. The number of thiazole rings is 1. The first-order valence-corrected chi connectivity index (χ1v) is 14.9. The van der Waals surface area contributed by atoms with Crippen LogP contribution in [0.3, 0.4) is 0 Å². The Balaban J connectivity index is 1.53. The Labute approximate surface area is 264 Å². The molecule has 3 heterocycles. The van der Waals surface area contributed by atoms with Crippen LogP contribution in [-0.4, -0.2) is 29.2 Å². The minimum absolute atomic E-state index is 0.134. The fourth-order valence-electron chi connectivity index (χ4n) is 5.10. The van der Waals surface area contributed by atoms with Gasteiger partial charge in [-0.15, -0.1) is 0 Å². The summed E-state index contributed by atoms with van der Waals surface area (Å²) in [6.45, 7) is 1.85. The molecule has 0 N–H and O–H groups in total. The summed E-state index contributed by atoms with van der Waals surface area (Å²) in [5.74, 6) is 0.298. The summed E-state index contributed by atoms with van der Waals surface area (Å²) in [4.78, 5) is 44.0. The Morgan fingerprint density at radius 3 is 2.56 bits per heavy atom. The highest BCUT2D eigenvalue weighted by molar-refractivity contribution is 7.07. The number of nitrogens with zero attached hydrogens (tertiary/aromatic N) is 3. The first kappa shape index (κ1) is 29.8. The van der Waals surface area contributed by atoms with Crippen LogP contribution in [0.15, 0.2) is 105 Å². The molecule has 3 aromatic carbocycles. The van der Waals surface area contributed by atoms with Gasteiger partial charge in [-0.05, 0) is 48.9 Å². The summed E-state index contributed by atoms with van der Waals surface area (Å²) in [5.41, 5.74) is 1.62. The van der Waals surface area contributed by atoms with E-state index in [1.165, 1.54) is 17.7 Å². The van der Waals surface area contributed by atoms with Gasteiger partial charge in [0.15, 0.2) is 4.80 Å². The number of carbonyl (C=O) groups is 1. The third kappa shape index (κ3) is 5.70. The zero-order valence-corrected chi connectivity index (χ0v) is 25.5. The van der Waals surface area contributed by atoms with E-state index in [0.717, 1.165) is 11.3 Å².